The van der Waals surface area contributed by atoms with E-state index in [0.717, 1.165) is 31.6 Å². The van der Waals surface area contributed by atoms with Crippen LogP contribution in [0.3, 0.4) is 0 Å². The van der Waals surface area contributed by atoms with Crippen LogP contribution in [0.2, 0.25) is 0 Å². The first kappa shape index (κ1) is 22.3. The molecule has 0 unspecified atom stereocenters. The van der Waals surface area contributed by atoms with E-state index in [9.17, 15) is 0 Å². The number of hydrogen-bond acceptors (Lipinski definition) is 1. The monoisotopic (exact) mass is 378 g/mol. The molecule has 0 aromatic heterocycles. The normalized spacial score (nSPS) is 11.2. The van der Waals surface area contributed by atoms with Gasteiger partial charge in [-0.3, -0.25) is 0 Å². The van der Waals surface area contributed by atoms with Gasteiger partial charge in [-0.05, 0) is 60.4 Å². The highest BCUT2D eigenvalue weighted by atomic mass is 16.5. The molecule has 0 amide bonds. The van der Waals surface area contributed by atoms with Gasteiger partial charge in [-0.15, -0.1) is 0 Å². The van der Waals surface area contributed by atoms with E-state index in [1.165, 1.54) is 60.8 Å². The fourth-order valence-electron chi connectivity index (χ4n) is 3.54. The van der Waals surface area contributed by atoms with Crippen LogP contribution in [-0.4, -0.2) is 6.61 Å². The van der Waals surface area contributed by atoms with Gasteiger partial charge in [0, 0.05) is 0 Å². The van der Waals surface area contributed by atoms with Crippen LogP contribution in [0.25, 0.3) is 12.2 Å². The molecule has 0 aliphatic heterocycles. The third-order valence-corrected chi connectivity index (χ3v) is 5.25. The first-order valence-electron chi connectivity index (χ1n) is 11.3. The zero-order valence-corrected chi connectivity index (χ0v) is 18.2. The van der Waals surface area contributed by atoms with Crippen molar-refractivity contribution in [3.63, 3.8) is 0 Å². The van der Waals surface area contributed by atoms with Crippen LogP contribution in [0.4, 0.5) is 0 Å². The van der Waals surface area contributed by atoms with E-state index in [0.29, 0.717) is 0 Å². The quantitative estimate of drug-likeness (QED) is 0.252. The van der Waals surface area contributed by atoms with E-state index >= 15 is 0 Å². The van der Waals surface area contributed by atoms with Crippen molar-refractivity contribution >= 4 is 12.2 Å². The first-order valence-corrected chi connectivity index (χ1v) is 11.3. The highest BCUT2D eigenvalue weighted by Gasteiger charge is 2.13. The van der Waals surface area contributed by atoms with Gasteiger partial charge in [0.2, 0.25) is 0 Å². The predicted octanol–water partition coefficient (Wildman–Crippen LogP) is 8.11. The Morgan fingerprint density at radius 1 is 0.679 bits per heavy atom. The van der Waals surface area contributed by atoms with E-state index in [2.05, 4.69) is 75.4 Å². The van der Waals surface area contributed by atoms with Crippen molar-refractivity contribution in [2.75, 3.05) is 6.61 Å². The molecule has 0 spiro atoms. The number of rotatable bonds is 13. The van der Waals surface area contributed by atoms with Crippen LogP contribution in [0, 0.1) is 0 Å². The lowest BCUT2D eigenvalue weighted by molar-refractivity contribution is 0.302. The van der Waals surface area contributed by atoms with Gasteiger partial charge < -0.3 is 4.74 Å². The zero-order valence-electron chi connectivity index (χ0n) is 18.2. The Morgan fingerprint density at radius 2 is 1.36 bits per heavy atom. The average molecular weight is 379 g/mol. The van der Waals surface area contributed by atoms with E-state index in [4.69, 9.17) is 4.74 Å². The summed E-state index contributed by atoms with van der Waals surface area (Å²) in [5.41, 5.74) is 5.54. The average Bonchev–Trinajstić information content (AvgIpc) is 2.74. The molecule has 0 bridgehead atoms. The molecular weight excluding hydrogens is 340 g/mol. The van der Waals surface area contributed by atoms with E-state index in [1.54, 1.807) is 0 Å². The zero-order chi connectivity index (χ0) is 20.0. The Bertz CT molecular complexity index is 700. The predicted molar refractivity (Wildman–Crippen MR) is 124 cm³/mol. The molecule has 1 nitrogen and oxygen atoms in total. The molecule has 0 radical (unpaired) electrons. The smallest absolute Gasteiger partial charge is 0.122 e. The van der Waals surface area contributed by atoms with E-state index in [1.807, 2.05) is 0 Å². The summed E-state index contributed by atoms with van der Waals surface area (Å²) in [5.74, 6) is 1.12. The SMILES string of the molecule is CCCCCOc1ccc(C=Cc2ccccc2)c(CCCC)c1CCCC. The van der Waals surface area contributed by atoms with Crippen LogP contribution in [-0.2, 0) is 12.8 Å². The lowest BCUT2D eigenvalue weighted by atomic mass is 9.92. The number of unbranched alkanes of at least 4 members (excludes halogenated alkanes) is 4. The molecule has 0 heterocycles. The van der Waals surface area contributed by atoms with Gasteiger partial charge in [-0.2, -0.15) is 0 Å². The maximum atomic E-state index is 6.25. The summed E-state index contributed by atoms with van der Waals surface area (Å²) in [6, 6.07) is 15.0. The molecule has 2 aromatic carbocycles. The Kier molecular flexibility index (Phi) is 10.5. The second-order valence-electron chi connectivity index (χ2n) is 7.62. The van der Waals surface area contributed by atoms with Crippen LogP contribution >= 0.6 is 0 Å². The number of hydrogen-bond donors (Lipinski definition) is 0. The molecule has 1 heteroatoms. The highest BCUT2D eigenvalue weighted by Crippen LogP contribution is 2.30. The number of benzene rings is 2. The van der Waals surface area contributed by atoms with E-state index in [-0.39, 0.29) is 0 Å². The van der Waals surface area contributed by atoms with Crippen molar-refractivity contribution in [3.05, 3.63) is 64.7 Å². The van der Waals surface area contributed by atoms with Gasteiger partial charge >= 0.3 is 0 Å². The molecule has 28 heavy (non-hydrogen) atoms. The van der Waals surface area contributed by atoms with Crippen LogP contribution < -0.4 is 4.74 Å². The third-order valence-electron chi connectivity index (χ3n) is 5.25. The largest absolute Gasteiger partial charge is 0.493 e. The second kappa shape index (κ2) is 13.2. The van der Waals surface area contributed by atoms with Crippen LogP contribution in [0.5, 0.6) is 5.75 Å². The Hall–Kier alpha value is -2.02. The summed E-state index contributed by atoms with van der Waals surface area (Å²) in [6.07, 6.45) is 15.3. The first-order chi connectivity index (χ1) is 13.8. The fraction of sp³-hybridized carbons (Fsp3) is 0.481. The molecule has 152 valence electrons. The van der Waals surface area contributed by atoms with Crippen molar-refractivity contribution in [3.8, 4) is 5.75 Å². The minimum absolute atomic E-state index is 0.833. The van der Waals surface area contributed by atoms with Gasteiger partial charge in [0.05, 0.1) is 6.61 Å². The molecule has 0 N–H and O–H groups in total. The topological polar surface area (TPSA) is 9.23 Å². The lowest BCUT2D eigenvalue weighted by Gasteiger charge is -2.18. The van der Waals surface area contributed by atoms with Gasteiger partial charge in [-0.1, -0.05) is 95.0 Å². The maximum absolute atomic E-state index is 6.25. The van der Waals surface area contributed by atoms with Crippen LogP contribution in [0.1, 0.15) is 88.0 Å². The maximum Gasteiger partial charge on any atom is 0.122 e. The van der Waals surface area contributed by atoms with Crippen molar-refractivity contribution in [1.82, 2.24) is 0 Å². The Balaban J connectivity index is 2.32. The van der Waals surface area contributed by atoms with E-state index < -0.39 is 0 Å². The molecule has 0 fully saturated rings. The summed E-state index contributed by atoms with van der Waals surface area (Å²) in [6.45, 7) is 7.62. The minimum atomic E-state index is 0.833. The Morgan fingerprint density at radius 3 is 2.04 bits per heavy atom. The van der Waals surface area contributed by atoms with Gasteiger partial charge in [0.25, 0.3) is 0 Å². The Labute approximate surface area is 172 Å². The molecule has 0 aliphatic rings. The summed E-state index contributed by atoms with van der Waals surface area (Å²) in [4.78, 5) is 0. The molecular formula is C27H38O. The fourth-order valence-corrected chi connectivity index (χ4v) is 3.54. The van der Waals surface area contributed by atoms with Gasteiger partial charge in [0.15, 0.2) is 0 Å². The second-order valence-corrected chi connectivity index (χ2v) is 7.62. The van der Waals surface area contributed by atoms with Crippen molar-refractivity contribution in [1.29, 1.82) is 0 Å². The summed E-state index contributed by atoms with van der Waals surface area (Å²) < 4.78 is 6.25. The van der Waals surface area contributed by atoms with Crippen LogP contribution in [0.15, 0.2) is 42.5 Å². The summed E-state index contributed by atoms with van der Waals surface area (Å²) in [7, 11) is 0. The minimum Gasteiger partial charge on any atom is -0.493 e. The van der Waals surface area contributed by atoms with Gasteiger partial charge in [0.1, 0.15) is 5.75 Å². The molecule has 2 rings (SSSR count). The van der Waals surface area contributed by atoms with Crippen molar-refractivity contribution in [2.24, 2.45) is 0 Å². The molecule has 0 saturated heterocycles. The molecule has 0 aliphatic carbocycles. The number of ether oxygens (including phenoxy) is 1. The third kappa shape index (κ3) is 7.19. The van der Waals surface area contributed by atoms with Crippen molar-refractivity contribution in [2.45, 2.75) is 78.6 Å². The van der Waals surface area contributed by atoms with Crippen molar-refractivity contribution < 1.29 is 4.74 Å². The van der Waals surface area contributed by atoms with Gasteiger partial charge in [-0.25, -0.2) is 0 Å². The lowest BCUT2D eigenvalue weighted by Crippen LogP contribution is -2.05. The standard InChI is InChI=1S/C27H38O/c1-4-7-13-22-28-27-21-20-24(19-18-23-14-11-10-12-15-23)25(16-8-5-2)26(27)17-9-6-3/h10-12,14-15,18-21H,4-9,13,16-17,22H2,1-3H3. The summed E-state index contributed by atoms with van der Waals surface area (Å²) >= 11 is 0. The highest BCUT2D eigenvalue weighted by molar-refractivity contribution is 5.72. The molecule has 2 aromatic rings. The summed E-state index contributed by atoms with van der Waals surface area (Å²) in [5, 5.41) is 0. The molecule has 0 atom stereocenters. The molecule has 0 saturated carbocycles.